The number of benzene rings is 2. The van der Waals surface area contributed by atoms with Gasteiger partial charge in [0.2, 0.25) is 0 Å². The van der Waals surface area contributed by atoms with Gasteiger partial charge in [0.25, 0.3) is 5.91 Å². The Morgan fingerprint density at radius 3 is 2.56 bits per heavy atom. The van der Waals surface area contributed by atoms with E-state index in [1.54, 1.807) is 18.3 Å². The molecule has 0 aliphatic heterocycles. The van der Waals surface area contributed by atoms with E-state index in [9.17, 15) is 4.79 Å². The van der Waals surface area contributed by atoms with E-state index in [0.717, 1.165) is 11.3 Å². The van der Waals surface area contributed by atoms with E-state index in [2.05, 4.69) is 15.6 Å². The summed E-state index contributed by atoms with van der Waals surface area (Å²) >= 11 is 0. The largest absolute Gasteiger partial charge is 0.457 e. The van der Waals surface area contributed by atoms with Crippen LogP contribution in [0.1, 0.15) is 16.1 Å². The van der Waals surface area contributed by atoms with Crippen LogP contribution in [0.3, 0.4) is 0 Å². The smallest absolute Gasteiger partial charge is 0.274 e. The molecular formula is C20H19N3O2. The number of hydrogen-bond acceptors (Lipinski definition) is 4. The van der Waals surface area contributed by atoms with Crippen molar-refractivity contribution in [3.05, 3.63) is 84.2 Å². The fourth-order valence-corrected chi connectivity index (χ4v) is 2.40. The highest BCUT2D eigenvalue weighted by Gasteiger charge is 2.11. The fourth-order valence-electron chi connectivity index (χ4n) is 2.40. The number of para-hydroxylation sites is 2. The standard InChI is InChI=1S/C20H19N3O2/c1-21-14-15-7-5-6-10-18(15)23-20(24)19-13-17(11-12-22-19)25-16-8-3-2-4-9-16/h2-13,21H,14H2,1H3,(H,23,24). The van der Waals surface area contributed by atoms with Crippen LogP contribution in [0.15, 0.2) is 72.9 Å². The van der Waals surface area contributed by atoms with Gasteiger partial charge in [-0.05, 0) is 36.9 Å². The molecule has 3 aromatic rings. The number of ether oxygens (including phenoxy) is 1. The Morgan fingerprint density at radius 1 is 1.00 bits per heavy atom. The van der Waals surface area contributed by atoms with Gasteiger partial charge in [0.1, 0.15) is 17.2 Å². The highest BCUT2D eigenvalue weighted by molar-refractivity contribution is 6.03. The summed E-state index contributed by atoms with van der Waals surface area (Å²) < 4.78 is 5.75. The molecule has 0 fully saturated rings. The van der Waals surface area contributed by atoms with Crippen molar-refractivity contribution in [2.75, 3.05) is 12.4 Å². The predicted molar refractivity (Wildman–Crippen MR) is 97.9 cm³/mol. The molecule has 0 spiro atoms. The summed E-state index contributed by atoms with van der Waals surface area (Å²) in [6, 6.07) is 20.4. The van der Waals surface area contributed by atoms with Crippen LogP contribution in [0.25, 0.3) is 0 Å². The number of anilines is 1. The molecule has 0 saturated heterocycles. The minimum absolute atomic E-state index is 0.276. The summed E-state index contributed by atoms with van der Waals surface area (Å²) in [5, 5.41) is 5.99. The lowest BCUT2D eigenvalue weighted by molar-refractivity contribution is 0.102. The Labute approximate surface area is 146 Å². The third-order valence-electron chi connectivity index (χ3n) is 3.58. The minimum atomic E-state index is -0.276. The molecule has 2 aromatic carbocycles. The van der Waals surface area contributed by atoms with Crippen molar-refractivity contribution >= 4 is 11.6 Å². The van der Waals surface area contributed by atoms with E-state index in [4.69, 9.17) is 4.74 Å². The number of aromatic nitrogens is 1. The molecule has 1 amide bonds. The first-order chi connectivity index (χ1) is 12.3. The van der Waals surface area contributed by atoms with E-state index in [0.29, 0.717) is 23.7 Å². The van der Waals surface area contributed by atoms with Crippen LogP contribution in [-0.4, -0.2) is 17.9 Å². The summed E-state index contributed by atoms with van der Waals surface area (Å²) in [5.41, 5.74) is 2.07. The molecule has 0 aliphatic carbocycles. The van der Waals surface area contributed by atoms with Gasteiger partial charge in [-0.1, -0.05) is 36.4 Å². The van der Waals surface area contributed by atoms with Gasteiger partial charge in [0, 0.05) is 24.5 Å². The summed E-state index contributed by atoms with van der Waals surface area (Å²) in [6.07, 6.45) is 1.56. The lowest BCUT2D eigenvalue weighted by atomic mass is 10.1. The molecule has 5 nitrogen and oxygen atoms in total. The molecule has 2 N–H and O–H groups in total. The average Bonchev–Trinajstić information content (AvgIpc) is 2.64. The first kappa shape index (κ1) is 16.7. The molecule has 3 rings (SSSR count). The van der Waals surface area contributed by atoms with Gasteiger partial charge in [-0.3, -0.25) is 9.78 Å². The van der Waals surface area contributed by atoms with Crippen molar-refractivity contribution in [3.8, 4) is 11.5 Å². The van der Waals surface area contributed by atoms with Crippen LogP contribution in [-0.2, 0) is 6.54 Å². The zero-order valence-electron chi connectivity index (χ0n) is 13.9. The topological polar surface area (TPSA) is 63.2 Å². The van der Waals surface area contributed by atoms with Crippen LogP contribution >= 0.6 is 0 Å². The molecule has 0 radical (unpaired) electrons. The molecule has 1 heterocycles. The summed E-state index contributed by atoms with van der Waals surface area (Å²) in [5.74, 6) is 0.997. The Bertz CT molecular complexity index is 850. The highest BCUT2D eigenvalue weighted by atomic mass is 16.5. The maximum absolute atomic E-state index is 12.5. The van der Waals surface area contributed by atoms with E-state index >= 15 is 0 Å². The first-order valence-electron chi connectivity index (χ1n) is 7.99. The monoisotopic (exact) mass is 333 g/mol. The van der Waals surface area contributed by atoms with Crippen molar-refractivity contribution in [2.45, 2.75) is 6.54 Å². The zero-order chi connectivity index (χ0) is 17.5. The highest BCUT2D eigenvalue weighted by Crippen LogP contribution is 2.22. The molecule has 0 bridgehead atoms. The molecule has 0 atom stereocenters. The number of nitrogens with zero attached hydrogens (tertiary/aromatic N) is 1. The Balaban J connectivity index is 1.76. The number of rotatable bonds is 6. The van der Waals surface area contributed by atoms with Gasteiger partial charge in [-0.2, -0.15) is 0 Å². The van der Waals surface area contributed by atoms with Crippen molar-refractivity contribution < 1.29 is 9.53 Å². The van der Waals surface area contributed by atoms with Crippen molar-refractivity contribution in [2.24, 2.45) is 0 Å². The van der Waals surface area contributed by atoms with E-state index < -0.39 is 0 Å². The van der Waals surface area contributed by atoms with E-state index in [1.165, 1.54) is 0 Å². The van der Waals surface area contributed by atoms with Crippen molar-refractivity contribution in [1.29, 1.82) is 0 Å². The Hall–Kier alpha value is -3.18. The van der Waals surface area contributed by atoms with Gasteiger partial charge in [0.15, 0.2) is 0 Å². The second-order valence-electron chi connectivity index (χ2n) is 5.43. The summed E-state index contributed by atoms with van der Waals surface area (Å²) in [7, 11) is 1.87. The zero-order valence-corrected chi connectivity index (χ0v) is 13.9. The first-order valence-corrected chi connectivity index (χ1v) is 7.99. The van der Waals surface area contributed by atoms with Gasteiger partial charge in [-0.15, -0.1) is 0 Å². The van der Waals surface area contributed by atoms with E-state index in [1.807, 2.05) is 61.6 Å². The lowest BCUT2D eigenvalue weighted by Crippen LogP contribution is -2.16. The molecule has 5 heteroatoms. The molecular weight excluding hydrogens is 314 g/mol. The number of nitrogens with one attached hydrogen (secondary N) is 2. The van der Waals surface area contributed by atoms with Crippen LogP contribution in [0, 0.1) is 0 Å². The van der Waals surface area contributed by atoms with Gasteiger partial charge < -0.3 is 15.4 Å². The van der Waals surface area contributed by atoms with Gasteiger partial charge in [0.05, 0.1) is 0 Å². The number of carbonyl (C=O) groups excluding carboxylic acids is 1. The normalized spacial score (nSPS) is 10.3. The lowest BCUT2D eigenvalue weighted by Gasteiger charge is -2.11. The SMILES string of the molecule is CNCc1ccccc1NC(=O)c1cc(Oc2ccccc2)ccn1. The molecule has 126 valence electrons. The number of carbonyl (C=O) groups is 1. The third kappa shape index (κ3) is 4.43. The third-order valence-corrected chi connectivity index (χ3v) is 3.58. The van der Waals surface area contributed by atoms with Crippen LogP contribution < -0.4 is 15.4 Å². The van der Waals surface area contributed by atoms with Crippen molar-refractivity contribution in [1.82, 2.24) is 10.3 Å². The predicted octanol–water partition coefficient (Wildman–Crippen LogP) is 3.85. The maximum atomic E-state index is 12.5. The second kappa shape index (κ2) is 8.08. The Kier molecular flexibility index (Phi) is 5.39. The molecule has 0 aliphatic rings. The minimum Gasteiger partial charge on any atom is -0.457 e. The number of hydrogen-bond donors (Lipinski definition) is 2. The number of pyridine rings is 1. The van der Waals surface area contributed by atoms with E-state index in [-0.39, 0.29) is 5.91 Å². The Morgan fingerprint density at radius 2 is 1.76 bits per heavy atom. The average molecular weight is 333 g/mol. The second-order valence-corrected chi connectivity index (χ2v) is 5.43. The number of amides is 1. The van der Waals surface area contributed by atoms with Crippen LogP contribution in [0.5, 0.6) is 11.5 Å². The van der Waals surface area contributed by atoms with Crippen LogP contribution in [0.2, 0.25) is 0 Å². The summed E-state index contributed by atoms with van der Waals surface area (Å²) in [4.78, 5) is 16.7. The molecule has 0 saturated carbocycles. The fraction of sp³-hybridized carbons (Fsp3) is 0.100. The molecule has 25 heavy (non-hydrogen) atoms. The molecule has 0 unspecified atom stereocenters. The van der Waals surface area contributed by atoms with Gasteiger partial charge >= 0.3 is 0 Å². The quantitative estimate of drug-likeness (QED) is 0.719. The van der Waals surface area contributed by atoms with Crippen molar-refractivity contribution in [3.63, 3.8) is 0 Å². The van der Waals surface area contributed by atoms with Gasteiger partial charge in [-0.25, -0.2) is 0 Å². The summed E-state index contributed by atoms with van der Waals surface area (Å²) in [6.45, 7) is 0.668. The molecule has 1 aromatic heterocycles. The van der Waals surface area contributed by atoms with Crippen LogP contribution in [0.4, 0.5) is 5.69 Å². The maximum Gasteiger partial charge on any atom is 0.274 e.